The molecule has 0 nitrogen and oxygen atoms in total. The fourth-order valence-electron chi connectivity index (χ4n) is 7.31. The molecule has 0 radical (unpaired) electrons. The molecule has 0 aromatic heterocycles. The van der Waals surface area contributed by atoms with E-state index in [1.807, 2.05) is 0 Å². The highest BCUT2D eigenvalue weighted by molar-refractivity contribution is 5.64. The van der Waals surface area contributed by atoms with Gasteiger partial charge >= 0.3 is 0 Å². The molecule has 0 heterocycles. The van der Waals surface area contributed by atoms with Crippen molar-refractivity contribution in [2.75, 3.05) is 0 Å². The van der Waals surface area contributed by atoms with E-state index >= 15 is 0 Å². The van der Waals surface area contributed by atoms with Crippen LogP contribution in [0.3, 0.4) is 0 Å². The van der Waals surface area contributed by atoms with E-state index in [9.17, 15) is 0 Å². The maximum absolute atomic E-state index is 2.59. The Morgan fingerprint density at radius 1 is 0.667 bits per heavy atom. The van der Waals surface area contributed by atoms with Crippen molar-refractivity contribution in [2.45, 2.75) is 103 Å². The van der Waals surface area contributed by atoms with Gasteiger partial charge in [-0.3, -0.25) is 0 Å². The maximum Gasteiger partial charge on any atom is 0.0526 e. The molecule has 204 valence electrons. The lowest BCUT2D eigenvalue weighted by Crippen LogP contribution is -2.35. The van der Waals surface area contributed by atoms with Crippen LogP contribution in [0, 0.1) is 12.8 Å². The lowest BCUT2D eigenvalue weighted by atomic mass is 9.62. The van der Waals surface area contributed by atoms with Crippen molar-refractivity contribution < 1.29 is 0 Å². The highest BCUT2D eigenvalue weighted by atomic mass is 14.5. The molecule has 0 aliphatic heterocycles. The van der Waals surface area contributed by atoms with Gasteiger partial charge < -0.3 is 0 Å². The van der Waals surface area contributed by atoms with Crippen LogP contribution in [0.5, 0.6) is 0 Å². The van der Waals surface area contributed by atoms with Crippen molar-refractivity contribution in [1.82, 2.24) is 0 Å². The van der Waals surface area contributed by atoms with E-state index in [2.05, 4.69) is 113 Å². The Balaban J connectivity index is 1.67. The van der Waals surface area contributed by atoms with Crippen LogP contribution in [0.4, 0.5) is 0 Å². The minimum absolute atomic E-state index is 0.184. The monoisotopic (exact) mass is 516 g/mol. The molecule has 0 saturated heterocycles. The number of unbranched alkanes of at least 4 members (excludes halogenated alkanes) is 6. The molecule has 0 N–H and O–H groups in total. The van der Waals surface area contributed by atoms with Gasteiger partial charge in [-0.25, -0.2) is 0 Å². The first-order chi connectivity index (χ1) is 19.1. The Labute approximate surface area is 238 Å². The third kappa shape index (κ3) is 5.58. The lowest BCUT2D eigenvalue weighted by Gasteiger charge is -2.40. The van der Waals surface area contributed by atoms with Gasteiger partial charge in [0.05, 0.1) is 5.41 Å². The van der Waals surface area contributed by atoms with Gasteiger partial charge in [0.2, 0.25) is 0 Å². The second-order valence-electron chi connectivity index (χ2n) is 12.2. The summed E-state index contributed by atoms with van der Waals surface area (Å²) in [4.78, 5) is 0. The number of benzene rings is 3. The third-order valence-electron chi connectivity index (χ3n) is 9.29. The van der Waals surface area contributed by atoms with E-state index in [-0.39, 0.29) is 5.41 Å². The predicted molar refractivity (Wildman–Crippen MR) is 169 cm³/mol. The molecule has 3 aromatic carbocycles. The summed E-state index contributed by atoms with van der Waals surface area (Å²) in [5.74, 6) is 0.788. The molecule has 0 saturated carbocycles. The smallest absolute Gasteiger partial charge is 0.0526 e. The first-order valence-electron chi connectivity index (χ1n) is 15.7. The van der Waals surface area contributed by atoms with Crippen molar-refractivity contribution in [2.24, 2.45) is 5.92 Å². The van der Waals surface area contributed by atoms with Crippen molar-refractivity contribution in [3.05, 3.63) is 129 Å². The van der Waals surface area contributed by atoms with Crippen LogP contribution >= 0.6 is 0 Å². The highest BCUT2D eigenvalue weighted by Crippen LogP contribution is 2.60. The van der Waals surface area contributed by atoms with Gasteiger partial charge in [-0.15, -0.1) is 0 Å². The summed E-state index contributed by atoms with van der Waals surface area (Å²) >= 11 is 0. The van der Waals surface area contributed by atoms with Crippen molar-refractivity contribution in [1.29, 1.82) is 0 Å². The van der Waals surface area contributed by atoms with Gasteiger partial charge in [0.15, 0.2) is 0 Å². The van der Waals surface area contributed by atoms with Crippen molar-refractivity contribution >= 4 is 0 Å². The third-order valence-corrected chi connectivity index (χ3v) is 9.29. The molecule has 0 spiro atoms. The van der Waals surface area contributed by atoms with Gasteiger partial charge in [-0.1, -0.05) is 148 Å². The second-order valence-corrected chi connectivity index (χ2v) is 12.2. The van der Waals surface area contributed by atoms with Crippen LogP contribution in [0.2, 0.25) is 0 Å². The Kier molecular flexibility index (Phi) is 8.91. The lowest BCUT2D eigenvalue weighted by molar-refractivity contribution is 0.453. The van der Waals surface area contributed by atoms with Gasteiger partial charge in [0.1, 0.15) is 0 Å². The normalized spacial score (nSPS) is 19.0. The van der Waals surface area contributed by atoms with Gasteiger partial charge in [-0.05, 0) is 72.9 Å². The zero-order valence-electron chi connectivity index (χ0n) is 24.8. The number of hydrogen-bond acceptors (Lipinski definition) is 0. The standard InChI is InChI=1S/C39H48/c1-5-7-9-11-15-31-17-13-19-33(27-31)39(34-20-14-18-32(28-34)16-12-10-8-6-2)37-25-29(3)21-23-35(37)36-24-22-30(4)26-38(36)39/h13-14,17-28,35,37H,5-12,15-16H2,1-4H3. The Hall–Kier alpha value is -2.86. The molecule has 0 amide bonds. The largest absolute Gasteiger partial charge is 0.0761 e. The molecule has 2 atom stereocenters. The Morgan fingerprint density at radius 3 is 1.87 bits per heavy atom. The summed E-state index contributed by atoms with van der Waals surface area (Å²) in [6.07, 6.45) is 20.2. The number of rotatable bonds is 12. The molecule has 2 aliphatic rings. The van der Waals surface area contributed by atoms with E-state index < -0.39 is 0 Å². The molecule has 2 aliphatic carbocycles. The Morgan fingerprint density at radius 2 is 1.28 bits per heavy atom. The first-order valence-corrected chi connectivity index (χ1v) is 15.7. The summed E-state index contributed by atoms with van der Waals surface area (Å²) < 4.78 is 0. The summed E-state index contributed by atoms with van der Waals surface area (Å²) in [5.41, 5.74) is 11.5. The summed E-state index contributed by atoms with van der Waals surface area (Å²) in [5, 5.41) is 0. The fraction of sp³-hybridized carbons (Fsp3) is 0.436. The predicted octanol–water partition coefficient (Wildman–Crippen LogP) is 10.8. The van der Waals surface area contributed by atoms with Gasteiger partial charge in [-0.2, -0.15) is 0 Å². The molecule has 0 bridgehead atoms. The quantitative estimate of drug-likeness (QED) is 0.210. The van der Waals surface area contributed by atoms with Crippen LogP contribution in [0.15, 0.2) is 90.5 Å². The van der Waals surface area contributed by atoms with Crippen LogP contribution in [0.25, 0.3) is 0 Å². The molecule has 2 unspecified atom stereocenters. The molecule has 5 rings (SSSR count). The first kappa shape index (κ1) is 27.7. The molecular formula is C39H48. The average Bonchev–Trinajstić information content (AvgIpc) is 3.23. The SMILES string of the molecule is CCCCCCc1cccc(C2(c3cccc(CCCCCC)c3)c3cc(C)ccc3C3C=CC(C)=CC32)c1. The van der Waals surface area contributed by atoms with Crippen molar-refractivity contribution in [3.8, 4) is 0 Å². The zero-order valence-corrected chi connectivity index (χ0v) is 24.8. The summed E-state index contributed by atoms with van der Waals surface area (Å²) in [6, 6.07) is 26.6. The maximum atomic E-state index is 2.59. The van der Waals surface area contributed by atoms with Crippen LogP contribution < -0.4 is 0 Å². The highest BCUT2D eigenvalue weighted by Gasteiger charge is 2.53. The minimum Gasteiger partial charge on any atom is -0.0761 e. The van der Waals surface area contributed by atoms with Gasteiger partial charge in [0.25, 0.3) is 0 Å². The number of aryl methyl sites for hydroxylation is 3. The summed E-state index contributed by atoms with van der Waals surface area (Å²) in [6.45, 7) is 9.14. The van der Waals surface area contributed by atoms with Crippen LogP contribution in [-0.4, -0.2) is 0 Å². The zero-order chi connectivity index (χ0) is 27.2. The van der Waals surface area contributed by atoms with E-state index in [4.69, 9.17) is 0 Å². The number of allylic oxidation sites excluding steroid dienone is 4. The molecule has 0 fully saturated rings. The minimum atomic E-state index is -0.184. The molecule has 39 heavy (non-hydrogen) atoms. The van der Waals surface area contributed by atoms with E-state index in [0.717, 1.165) is 0 Å². The Bertz CT molecular complexity index is 1260. The topological polar surface area (TPSA) is 0 Å². The average molecular weight is 517 g/mol. The second kappa shape index (κ2) is 12.5. The fourth-order valence-corrected chi connectivity index (χ4v) is 7.31. The van der Waals surface area contributed by atoms with Crippen LogP contribution in [-0.2, 0) is 18.3 Å². The number of hydrogen-bond donors (Lipinski definition) is 0. The van der Waals surface area contributed by atoms with E-state index in [1.54, 1.807) is 0 Å². The van der Waals surface area contributed by atoms with Crippen LogP contribution in [0.1, 0.15) is 117 Å². The molecule has 0 heteroatoms. The molecule has 3 aromatic rings. The molecular weight excluding hydrogens is 468 g/mol. The summed E-state index contributed by atoms with van der Waals surface area (Å²) in [7, 11) is 0. The van der Waals surface area contributed by atoms with Gasteiger partial charge in [0, 0.05) is 11.8 Å². The van der Waals surface area contributed by atoms with E-state index in [1.165, 1.54) is 109 Å². The van der Waals surface area contributed by atoms with E-state index in [0.29, 0.717) is 11.8 Å². The van der Waals surface area contributed by atoms with Crippen molar-refractivity contribution in [3.63, 3.8) is 0 Å². The number of fused-ring (bicyclic) bond motifs is 3.